The Morgan fingerprint density at radius 3 is 2.65 bits per heavy atom. The van der Waals surface area contributed by atoms with Crippen molar-refractivity contribution in [1.29, 1.82) is 5.26 Å². The van der Waals surface area contributed by atoms with Crippen LogP contribution in [0.25, 0.3) is 16.9 Å². The third-order valence-corrected chi connectivity index (χ3v) is 4.18. The molecular formula is C17H16N6. The summed E-state index contributed by atoms with van der Waals surface area (Å²) in [6, 6.07) is 16.6. The molecule has 2 aromatic heterocycles. The van der Waals surface area contributed by atoms with Crippen LogP contribution in [0, 0.1) is 17.2 Å². The molecule has 0 radical (unpaired) electrons. The first-order valence-corrected chi connectivity index (χ1v) is 7.57. The number of rotatable bonds is 3. The standard InChI is InChI=1S/C17H16N6/c1-19-17-20-16-4-2-3-15(23(16)21-17)13-5-7-14(8-6-13)22-10-12(9-18)11-22/h2-8,12H,10-11H2,1H3,(H,19,21). The van der Waals surface area contributed by atoms with Gasteiger partial charge in [0.05, 0.1) is 17.7 Å². The van der Waals surface area contributed by atoms with Crippen molar-refractivity contribution in [2.75, 3.05) is 30.4 Å². The number of pyridine rings is 1. The molecule has 0 amide bonds. The molecule has 0 unspecified atom stereocenters. The highest BCUT2D eigenvalue weighted by Crippen LogP contribution is 2.27. The smallest absolute Gasteiger partial charge is 0.242 e. The number of benzene rings is 1. The zero-order chi connectivity index (χ0) is 15.8. The molecule has 0 saturated carbocycles. The number of nitriles is 1. The van der Waals surface area contributed by atoms with Gasteiger partial charge in [0.1, 0.15) is 0 Å². The predicted octanol–water partition coefficient (Wildman–Crippen LogP) is 2.40. The minimum atomic E-state index is 0.165. The topological polar surface area (TPSA) is 69.2 Å². The Kier molecular flexibility index (Phi) is 3.12. The highest BCUT2D eigenvalue weighted by molar-refractivity contribution is 5.66. The molecule has 1 fully saturated rings. The number of anilines is 2. The fourth-order valence-corrected chi connectivity index (χ4v) is 2.84. The third kappa shape index (κ3) is 2.27. The van der Waals surface area contributed by atoms with Crippen molar-refractivity contribution in [1.82, 2.24) is 14.6 Å². The van der Waals surface area contributed by atoms with Gasteiger partial charge < -0.3 is 10.2 Å². The van der Waals surface area contributed by atoms with Crippen molar-refractivity contribution in [2.45, 2.75) is 0 Å². The summed E-state index contributed by atoms with van der Waals surface area (Å²) in [5.74, 6) is 0.774. The quantitative estimate of drug-likeness (QED) is 0.804. The second-order valence-corrected chi connectivity index (χ2v) is 5.64. The minimum Gasteiger partial charge on any atom is -0.369 e. The second-order valence-electron chi connectivity index (χ2n) is 5.64. The second kappa shape index (κ2) is 5.29. The Labute approximate surface area is 134 Å². The van der Waals surface area contributed by atoms with Gasteiger partial charge in [-0.1, -0.05) is 18.2 Å². The van der Waals surface area contributed by atoms with Crippen LogP contribution in [0.2, 0.25) is 0 Å². The van der Waals surface area contributed by atoms with Crippen LogP contribution in [0.1, 0.15) is 0 Å². The Balaban J connectivity index is 1.66. The molecule has 1 N–H and O–H groups in total. The third-order valence-electron chi connectivity index (χ3n) is 4.18. The molecule has 3 heterocycles. The molecule has 0 aliphatic carbocycles. The van der Waals surface area contributed by atoms with Gasteiger partial charge in [0.15, 0.2) is 5.65 Å². The van der Waals surface area contributed by atoms with Gasteiger partial charge in [-0.25, -0.2) is 4.52 Å². The Hall–Kier alpha value is -3.07. The Bertz CT molecular complexity index is 884. The summed E-state index contributed by atoms with van der Waals surface area (Å²) in [5, 5.41) is 16.3. The maximum atomic E-state index is 8.87. The maximum absolute atomic E-state index is 8.87. The first-order chi connectivity index (χ1) is 11.3. The number of hydrogen-bond donors (Lipinski definition) is 1. The van der Waals surface area contributed by atoms with Gasteiger partial charge in [0.2, 0.25) is 5.95 Å². The van der Waals surface area contributed by atoms with E-state index in [-0.39, 0.29) is 5.92 Å². The average Bonchev–Trinajstić information content (AvgIpc) is 2.98. The van der Waals surface area contributed by atoms with Gasteiger partial charge in [0.25, 0.3) is 0 Å². The van der Waals surface area contributed by atoms with E-state index in [0.29, 0.717) is 5.95 Å². The van der Waals surface area contributed by atoms with Crippen molar-refractivity contribution in [2.24, 2.45) is 5.92 Å². The molecule has 0 spiro atoms. The van der Waals surface area contributed by atoms with Gasteiger partial charge in [0, 0.05) is 31.4 Å². The molecule has 0 bridgehead atoms. The number of nitrogens with one attached hydrogen (secondary N) is 1. The lowest BCUT2D eigenvalue weighted by atomic mass is 10.0. The zero-order valence-electron chi connectivity index (χ0n) is 12.8. The number of fused-ring (bicyclic) bond motifs is 1. The molecule has 6 heteroatoms. The molecule has 114 valence electrons. The molecular weight excluding hydrogens is 288 g/mol. The lowest BCUT2D eigenvalue weighted by molar-refractivity contribution is 0.504. The summed E-state index contributed by atoms with van der Waals surface area (Å²) in [6.07, 6.45) is 0. The summed E-state index contributed by atoms with van der Waals surface area (Å²) in [4.78, 5) is 6.62. The van der Waals surface area contributed by atoms with E-state index in [9.17, 15) is 0 Å². The van der Waals surface area contributed by atoms with Crippen molar-refractivity contribution in [3.05, 3.63) is 42.5 Å². The zero-order valence-corrected chi connectivity index (χ0v) is 12.8. The van der Waals surface area contributed by atoms with E-state index in [2.05, 4.69) is 50.6 Å². The minimum absolute atomic E-state index is 0.165. The van der Waals surface area contributed by atoms with Crippen LogP contribution in [-0.4, -0.2) is 34.7 Å². The Morgan fingerprint density at radius 1 is 1.17 bits per heavy atom. The van der Waals surface area contributed by atoms with Crippen molar-refractivity contribution in [3.63, 3.8) is 0 Å². The number of nitrogens with zero attached hydrogens (tertiary/aromatic N) is 5. The molecule has 4 rings (SSSR count). The largest absolute Gasteiger partial charge is 0.369 e. The van der Waals surface area contributed by atoms with E-state index in [1.54, 1.807) is 0 Å². The normalized spacial score (nSPS) is 14.5. The molecule has 1 saturated heterocycles. The SMILES string of the molecule is CNc1nc2cccc(-c3ccc(N4CC(C#N)C4)cc3)n2n1. The predicted molar refractivity (Wildman–Crippen MR) is 89.3 cm³/mol. The van der Waals surface area contributed by atoms with E-state index in [1.165, 1.54) is 0 Å². The van der Waals surface area contributed by atoms with Gasteiger partial charge in [-0.15, -0.1) is 5.10 Å². The van der Waals surface area contributed by atoms with E-state index in [4.69, 9.17) is 5.26 Å². The van der Waals surface area contributed by atoms with Crippen LogP contribution < -0.4 is 10.2 Å². The van der Waals surface area contributed by atoms with Gasteiger partial charge in [-0.05, 0) is 24.3 Å². The molecule has 6 nitrogen and oxygen atoms in total. The number of aromatic nitrogens is 3. The van der Waals surface area contributed by atoms with Crippen molar-refractivity contribution < 1.29 is 0 Å². The first-order valence-electron chi connectivity index (χ1n) is 7.57. The monoisotopic (exact) mass is 304 g/mol. The molecule has 1 aromatic carbocycles. The maximum Gasteiger partial charge on any atom is 0.242 e. The summed E-state index contributed by atoms with van der Waals surface area (Å²) in [6.45, 7) is 1.64. The highest BCUT2D eigenvalue weighted by Gasteiger charge is 2.26. The molecule has 1 aliphatic heterocycles. The molecule has 3 aromatic rings. The van der Waals surface area contributed by atoms with Gasteiger partial charge >= 0.3 is 0 Å². The fourth-order valence-electron chi connectivity index (χ4n) is 2.84. The summed E-state index contributed by atoms with van der Waals surface area (Å²) in [5.41, 5.74) is 4.06. The van der Waals surface area contributed by atoms with Crippen LogP contribution in [0.15, 0.2) is 42.5 Å². The van der Waals surface area contributed by atoms with Crippen LogP contribution in [-0.2, 0) is 0 Å². The van der Waals surface area contributed by atoms with E-state index >= 15 is 0 Å². The van der Waals surface area contributed by atoms with E-state index < -0.39 is 0 Å². The van der Waals surface area contributed by atoms with Crippen LogP contribution in [0.3, 0.4) is 0 Å². The van der Waals surface area contributed by atoms with Crippen molar-refractivity contribution >= 4 is 17.3 Å². The lowest BCUT2D eigenvalue weighted by Crippen LogP contribution is -2.45. The van der Waals surface area contributed by atoms with Gasteiger partial charge in [-0.3, -0.25) is 0 Å². The fraction of sp³-hybridized carbons (Fsp3) is 0.235. The van der Waals surface area contributed by atoms with Crippen molar-refractivity contribution in [3.8, 4) is 17.3 Å². The van der Waals surface area contributed by atoms with E-state index in [0.717, 1.165) is 35.7 Å². The summed E-state index contributed by atoms with van der Waals surface area (Å²) < 4.78 is 1.84. The van der Waals surface area contributed by atoms with E-state index in [1.807, 2.05) is 29.8 Å². The molecule has 0 atom stereocenters. The lowest BCUT2D eigenvalue weighted by Gasteiger charge is -2.37. The average molecular weight is 304 g/mol. The molecule has 23 heavy (non-hydrogen) atoms. The van der Waals surface area contributed by atoms with Crippen LogP contribution in [0.4, 0.5) is 11.6 Å². The highest BCUT2D eigenvalue weighted by atomic mass is 15.3. The van der Waals surface area contributed by atoms with Gasteiger partial charge in [-0.2, -0.15) is 10.2 Å². The van der Waals surface area contributed by atoms with Crippen LogP contribution >= 0.6 is 0 Å². The first kappa shape index (κ1) is 13.6. The Morgan fingerprint density at radius 2 is 1.96 bits per heavy atom. The number of hydrogen-bond acceptors (Lipinski definition) is 5. The summed E-state index contributed by atoms with van der Waals surface area (Å²) in [7, 11) is 1.81. The van der Waals surface area contributed by atoms with Crippen LogP contribution in [0.5, 0.6) is 0 Å². The summed E-state index contributed by atoms with van der Waals surface area (Å²) >= 11 is 0. The molecule has 1 aliphatic rings.